The second-order valence-electron chi connectivity index (χ2n) is 4.33. The maximum absolute atomic E-state index is 10.4. The van der Waals surface area contributed by atoms with Crippen LogP contribution in [0.2, 0.25) is 0 Å². The standard InChI is InChI=1S/C12H17NO/c1-8-4-3-5-11-10(8)6-9(2)12(11,14)7-13/h3-5,9,14H,6-7,13H2,1-2H3. The van der Waals surface area contributed by atoms with E-state index >= 15 is 0 Å². The third-order valence-corrected chi connectivity index (χ3v) is 3.51. The summed E-state index contributed by atoms with van der Waals surface area (Å²) in [6.45, 7) is 4.46. The van der Waals surface area contributed by atoms with E-state index in [4.69, 9.17) is 5.73 Å². The fraction of sp³-hybridized carbons (Fsp3) is 0.500. The zero-order chi connectivity index (χ0) is 10.3. The van der Waals surface area contributed by atoms with Gasteiger partial charge in [-0.1, -0.05) is 25.1 Å². The van der Waals surface area contributed by atoms with Gasteiger partial charge in [-0.25, -0.2) is 0 Å². The molecule has 76 valence electrons. The molecule has 0 fully saturated rings. The van der Waals surface area contributed by atoms with Crippen LogP contribution in [0.15, 0.2) is 18.2 Å². The van der Waals surface area contributed by atoms with Crippen molar-refractivity contribution in [2.24, 2.45) is 11.7 Å². The van der Waals surface area contributed by atoms with Crippen LogP contribution in [0.5, 0.6) is 0 Å². The van der Waals surface area contributed by atoms with Crippen molar-refractivity contribution in [1.82, 2.24) is 0 Å². The van der Waals surface area contributed by atoms with Crippen LogP contribution in [-0.4, -0.2) is 11.7 Å². The Morgan fingerprint density at radius 2 is 2.29 bits per heavy atom. The van der Waals surface area contributed by atoms with Crippen molar-refractivity contribution in [3.63, 3.8) is 0 Å². The van der Waals surface area contributed by atoms with E-state index in [-0.39, 0.29) is 5.92 Å². The maximum Gasteiger partial charge on any atom is 0.105 e. The summed E-state index contributed by atoms with van der Waals surface area (Å²) in [7, 11) is 0. The topological polar surface area (TPSA) is 46.2 Å². The molecule has 1 aliphatic carbocycles. The van der Waals surface area contributed by atoms with Crippen molar-refractivity contribution >= 4 is 0 Å². The molecule has 0 spiro atoms. The molecule has 0 aliphatic heterocycles. The number of benzene rings is 1. The molecule has 14 heavy (non-hydrogen) atoms. The Hall–Kier alpha value is -0.860. The minimum absolute atomic E-state index is 0.226. The highest BCUT2D eigenvalue weighted by atomic mass is 16.3. The lowest BCUT2D eigenvalue weighted by atomic mass is 9.89. The predicted octanol–water partition coefficient (Wildman–Crippen LogP) is 1.33. The van der Waals surface area contributed by atoms with Crippen molar-refractivity contribution in [2.45, 2.75) is 25.9 Å². The van der Waals surface area contributed by atoms with Crippen LogP contribution in [0.25, 0.3) is 0 Å². The number of rotatable bonds is 1. The normalized spacial score (nSPS) is 30.4. The van der Waals surface area contributed by atoms with E-state index in [0.717, 1.165) is 12.0 Å². The Bertz CT molecular complexity index is 361. The van der Waals surface area contributed by atoms with Gasteiger partial charge in [-0.05, 0) is 36.0 Å². The fourth-order valence-electron chi connectivity index (χ4n) is 2.43. The van der Waals surface area contributed by atoms with Gasteiger partial charge in [0.15, 0.2) is 0 Å². The van der Waals surface area contributed by atoms with Crippen LogP contribution in [0.1, 0.15) is 23.6 Å². The monoisotopic (exact) mass is 191 g/mol. The van der Waals surface area contributed by atoms with Crippen molar-refractivity contribution in [3.05, 3.63) is 34.9 Å². The zero-order valence-electron chi connectivity index (χ0n) is 8.75. The molecule has 0 radical (unpaired) electrons. The molecule has 2 unspecified atom stereocenters. The average Bonchev–Trinajstić information content (AvgIpc) is 2.43. The highest BCUT2D eigenvalue weighted by molar-refractivity contribution is 5.43. The van der Waals surface area contributed by atoms with Crippen LogP contribution in [0.3, 0.4) is 0 Å². The Labute approximate surface area is 84.7 Å². The van der Waals surface area contributed by atoms with Crippen molar-refractivity contribution in [1.29, 1.82) is 0 Å². The summed E-state index contributed by atoms with van der Waals surface area (Å²) in [5.41, 5.74) is 8.45. The number of aryl methyl sites for hydroxylation is 1. The number of hydrogen-bond donors (Lipinski definition) is 2. The molecule has 0 saturated carbocycles. The van der Waals surface area contributed by atoms with Gasteiger partial charge in [0, 0.05) is 6.54 Å². The van der Waals surface area contributed by atoms with Gasteiger partial charge in [-0.3, -0.25) is 0 Å². The van der Waals surface area contributed by atoms with Gasteiger partial charge in [-0.15, -0.1) is 0 Å². The SMILES string of the molecule is Cc1cccc2c1CC(C)C2(O)CN. The van der Waals surface area contributed by atoms with Crippen molar-refractivity contribution < 1.29 is 5.11 Å². The number of hydrogen-bond acceptors (Lipinski definition) is 2. The van der Waals surface area contributed by atoms with Gasteiger partial charge in [-0.2, -0.15) is 0 Å². The second-order valence-corrected chi connectivity index (χ2v) is 4.33. The third-order valence-electron chi connectivity index (χ3n) is 3.51. The molecule has 2 nitrogen and oxygen atoms in total. The first-order chi connectivity index (χ1) is 6.59. The lowest BCUT2D eigenvalue weighted by Crippen LogP contribution is -2.38. The van der Waals surface area contributed by atoms with E-state index in [9.17, 15) is 5.11 Å². The van der Waals surface area contributed by atoms with E-state index in [1.54, 1.807) is 0 Å². The van der Waals surface area contributed by atoms with E-state index in [1.807, 2.05) is 12.1 Å². The molecule has 1 aromatic rings. The highest BCUT2D eigenvalue weighted by Gasteiger charge is 2.42. The second kappa shape index (κ2) is 3.07. The predicted molar refractivity (Wildman–Crippen MR) is 57.0 cm³/mol. The minimum atomic E-state index is -0.804. The van der Waals surface area contributed by atoms with Gasteiger partial charge in [0.05, 0.1) is 0 Å². The van der Waals surface area contributed by atoms with Crippen molar-refractivity contribution in [2.75, 3.05) is 6.54 Å². The Morgan fingerprint density at radius 1 is 1.57 bits per heavy atom. The van der Waals surface area contributed by atoms with Gasteiger partial charge in [0.1, 0.15) is 5.60 Å². The average molecular weight is 191 g/mol. The van der Waals surface area contributed by atoms with Gasteiger partial charge in [0.25, 0.3) is 0 Å². The molecule has 1 aromatic carbocycles. The lowest BCUT2D eigenvalue weighted by Gasteiger charge is -2.27. The van der Waals surface area contributed by atoms with E-state index in [0.29, 0.717) is 6.54 Å². The van der Waals surface area contributed by atoms with E-state index in [1.165, 1.54) is 11.1 Å². The third kappa shape index (κ3) is 1.11. The molecule has 1 aliphatic rings. The van der Waals surface area contributed by atoms with Crippen molar-refractivity contribution in [3.8, 4) is 0 Å². The van der Waals surface area contributed by atoms with Crippen LogP contribution in [0.4, 0.5) is 0 Å². The van der Waals surface area contributed by atoms with E-state index in [2.05, 4.69) is 19.9 Å². The largest absolute Gasteiger partial charge is 0.384 e. The highest BCUT2D eigenvalue weighted by Crippen LogP contribution is 2.41. The summed E-state index contributed by atoms with van der Waals surface area (Å²) < 4.78 is 0. The van der Waals surface area contributed by atoms with Crippen LogP contribution >= 0.6 is 0 Å². The molecular weight excluding hydrogens is 174 g/mol. The van der Waals surface area contributed by atoms with Crippen LogP contribution in [-0.2, 0) is 12.0 Å². The molecule has 0 saturated heterocycles. The summed E-state index contributed by atoms with van der Waals surface area (Å²) in [5.74, 6) is 0.226. The first-order valence-corrected chi connectivity index (χ1v) is 5.11. The van der Waals surface area contributed by atoms with Gasteiger partial charge >= 0.3 is 0 Å². The molecule has 0 bridgehead atoms. The Kier molecular flexibility index (Phi) is 2.13. The summed E-state index contributed by atoms with van der Waals surface area (Å²) in [6.07, 6.45) is 0.940. The van der Waals surface area contributed by atoms with E-state index < -0.39 is 5.60 Å². The smallest absolute Gasteiger partial charge is 0.105 e. The molecular formula is C12H17NO. The number of nitrogens with two attached hydrogens (primary N) is 1. The lowest BCUT2D eigenvalue weighted by molar-refractivity contribution is 0.00498. The first kappa shape index (κ1) is 9.69. The van der Waals surface area contributed by atoms with Gasteiger partial charge < -0.3 is 10.8 Å². The molecule has 2 atom stereocenters. The fourth-order valence-corrected chi connectivity index (χ4v) is 2.43. The Morgan fingerprint density at radius 3 is 2.93 bits per heavy atom. The van der Waals surface area contributed by atoms with Crippen LogP contribution < -0.4 is 5.73 Å². The molecule has 0 heterocycles. The molecule has 2 rings (SSSR count). The summed E-state index contributed by atoms with van der Waals surface area (Å²) in [6, 6.07) is 6.08. The quantitative estimate of drug-likeness (QED) is 0.703. The summed E-state index contributed by atoms with van der Waals surface area (Å²) in [4.78, 5) is 0. The molecule has 0 amide bonds. The summed E-state index contributed by atoms with van der Waals surface area (Å²) >= 11 is 0. The van der Waals surface area contributed by atoms with Crippen LogP contribution in [0, 0.1) is 12.8 Å². The molecule has 2 heteroatoms. The first-order valence-electron chi connectivity index (χ1n) is 5.11. The van der Waals surface area contributed by atoms with Gasteiger partial charge in [0.2, 0.25) is 0 Å². The Balaban J connectivity index is 2.58. The zero-order valence-corrected chi connectivity index (χ0v) is 8.75. The minimum Gasteiger partial charge on any atom is -0.384 e. The maximum atomic E-state index is 10.4. The number of aliphatic hydroxyl groups is 1. The number of fused-ring (bicyclic) bond motifs is 1. The molecule has 0 aromatic heterocycles. The molecule has 3 N–H and O–H groups in total. The summed E-state index contributed by atoms with van der Waals surface area (Å²) in [5, 5.41) is 10.4.